The Morgan fingerprint density at radius 2 is 1.50 bits per heavy atom. The van der Waals surface area contributed by atoms with E-state index in [1.54, 1.807) is 24.3 Å². The Morgan fingerprint density at radius 3 is 2.00 bits per heavy atom. The molecule has 2 aromatic rings. The Balaban J connectivity index is 2.01. The van der Waals surface area contributed by atoms with Crippen LogP contribution in [0.25, 0.3) is 0 Å². The first kappa shape index (κ1) is 23.5. The number of hydrogen-bond donors (Lipinski definition) is 1. The monoisotopic (exact) mass is 433 g/mol. The molecule has 0 aliphatic rings. The van der Waals surface area contributed by atoms with Crippen LogP contribution in [0.5, 0.6) is 5.75 Å². The largest absolute Gasteiger partial charge is 0.494 e. The van der Waals surface area contributed by atoms with E-state index in [1.165, 1.54) is 0 Å². The van der Waals surface area contributed by atoms with Crippen molar-refractivity contribution in [3.8, 4) is 5.75 Å². The number of amides is 1. The lowest BCUT2D eigenvalue weighted by molar-refractivity contribution is -0.119. The van der Waals surface area contributed by atoms with Crippen LogP contribution in [-0.4, -0.2) is 46.8 Å². The molecule has 0 atom stereocenters. The van der Waals surface area contributed by atoms with E-state index >= 15 is 0 Å². The summed E-state index contributed by atoms with van der Waals surface area (Å²) in [7, 11) is -3.62. The molecule has 30 heavy (non-hydrogen) atoms. The highest BCUT2D eigenvalue weighted by molar-refractivity contribution is 7.92. The van der Waals surface area contributed by atoms with Gasteiger partial charge in [-0.2, -0.15) is 0 Å². The first-order chi connectivity index (χ1) is 14.3. The zero-order valence-electron chi connectivity index (χ0n) is 18.1. The molecule has 0 heterocycles. The number of carbonyl (C=O) groups excluding carboxylic acids is 1. The highest BCUT2D eigenvalue weighted by Crippen LogP contribution is 2.21. The van der Waals surface area contributed by atoms with Gasteiger partial charge in [-0.05, 0) is 62.7 Å². The molecule has 0 aliphatic carbocycles. The third-order valence-electron chi connectivity index (χ3n) is 4.68. The maximum atomic E-state index is 12.4. The molecule has 0 aromatic heterocycles. The molecule has 0 unspecified atom stereocenters. The van der Waals surface area contributed by atoms with E-state index in [4.69, 9.17) is 4.74 Å². The fourth-order valence-electron chi connectivity index (χ4n) is 3.08. The molecule has 0 bridgehead atoms. The minimum absolute atomic E-state index is 0.287. The van der Waals surface area contributed by atoms with Crippen molar-refractivity contribution in [2.75, 3.05) is 41.7 Å². The molecule has 0 radical (unpaired) electrons. The number of rotatable bonds is 11. The summed E-state index contributed by atoms with van der Waals surface area (Å²) < 4.78 is 30.9. The van der Waals surface area contributed by atoms with Gasteiger partial charge in [0.05, 0.1) is 18.6 Å². The van der Waals surface area contributed by atoms with E-state index < -0.39 is 10.0 Å². The van der Waals surface area contributed by atoms with E-state index in [9.17, 15) is 13.2 Å². The van der Waals surface area contributed by atoms with Gasteiger partial charge in [0.25, 0.3) is 0 Å². The summed E-state index contributed by atoms with van der Waals surface area (Å²) in [6, 6.07) is 14.6. The Labute approximate surface area is 179 Å². The SMILES string of the molecule is CCOc1ccc(N(CC(=O)NCc2ccc(N(CC)CC)cc2)S(C)(=O)=O)cc1. The fourth-order valence-corrected chi connectivity index (χ4v) is 3.93. The summed E-state index contributed by atoms with van der Waals surface area (Å²) in [5.41, 5.74) is 2.50. The lowest BCUT2D eigenvalue weighted by Crippen LogP contribution is -2.40. The van der Waals surface area contributed by atoms with Crippen LogP contribution in [0.1, 0.15) is 26.3 Å². The average molecular weight is 434 g/mol. The highest BCUT2D eigenvalue weighted by Gasteiger charge is 2.20. The summed E-state index contributed by atoms with van der Waals surface area (Å²) in [5, 5.41) is 2.80. The van der Waals surface area contributed by atoms with E-state index in [-0.39, 0.29) is 12.5 Å². The van der Waals surface area contributed by atoms with Gasteiger partial charge in [-0.25, -0.2) is 8.42 Å². The van der Waals surface area contributed by atoms with Crippen LogP contribution in [0.15, 0.2) is 48.5 Å². The third-order valence-corrected chi connectivity index (χ3v) is 5.82. The fraction of sp³-hybridized carbons (Fsp3) is 0.409. The number of ether oxygens (including phenoxy) is 1. The predicted octanol–water partition coefficient (Wildman–Crippen LogP) is 3.01. The molecule has 2 rings (SSSR count). The zero-order valence-corrected chi connectivity index (χ0v) is 18.9. The third kappa shape index (κ3) is 6.66. The molecule has 0 fully saturated rings. The minimum atomic E-state index is -3.62. The average Bonchev–Trinajstić information content (AvgIpc) is 2.72. The van der Waals surface area contributed by atoms with Gasteiger partial charge in [0.15, 0.2) is 0 Å². The van der Waals surface area contributed by atoms with Crippen molar-refractivity contribution in [2.45, 2.75) is 27.3 Å². The van der Waals surface area contributed by atoms with Crippen molar-refractivity contribution in [2.24, 2.45) is 0 Å². The maximum absolute atomic E-state index is 12.4. The van der Waals surface area contributed by atoms with Crippen LogP contribution in [0, 0.1) is 0 Å². The first-order valence-electron chi connectivity index (χ1n) is 10.1. The van der Waals surface area contributed by atoms with Crippen molar-refractivity contribution in [1.82, 2.24) is 5.32 Å². The van der Waals surface area contributed by atoms with Gasteiger partial charge in [-0.1, -0.05) is 12.1 Å². The first-order valence-corrected chi connectivity index (χ1v) is 11.9. The number of nitrogens with zero attached hydrogens (tertiary/aromatic N) is 2. The van der Waals surface area contributed by atoms with E-state index in [0.717, 1.165) is 34.9 Å². The Bertz CT molecular complexity index is 908. The molecular weight excluding hydrogens is 402 g/mol. The normalized spacial score (nSPS) is 11.1. The van der Waals surface area contributed by atoms with Gasteiger partial charge < -0.3 is 15.0 Å². The molecule has 2 aromatic carbocycles. The van der Waals surface area contributed by atoms with Crippen LogP contribution in [0.4, 0.5) is 11.4 Å². The number of carbonyl (C=O) groups is 1. The van der Waals surface area contributed by atoms with Gasteiger partial charge in [0.2, 0.25) is 15.9 Å². The second kappa shape index (κ2) is 10.9. The topological polar surface area (TPSA) is 79.0 Å². The number of anilines is 2. The molecule has 7 nitrogen and oxygen atoms in total. The lowest BCUT2D eigenvalue weighted by Gasteiger charge is -2.22. The van der Waals surface area contributed by atoms with Crippen molar-refractivity contribution >= 4 is 27.3 Å². The second-order valence-corrected chi connectivity index (χ2v) is 8.72. The lowest BCUT2D eigenvalue weighted by atomic mass is 10.2. The molecule has 0 saturated carbocycles. The van der Waals surface area contributed by atoms with Crippen LogP contribution in [0.2, 0.25) is 0 Å². The van der Waals surface area contributed by atoms with E-state index in [1.807, 2.05) is 31.2 Å². The maximum Gasteiger partial charge on any atom is 0.241 e. The van der Waals surface area contributed by atoms with Crippen molar-refractivity contribution in [1.29, 1.82) is 0 Å². The molecule has 0 aliphatic heterocycles. The van der Waals surface area contributed by atoms with Crippen LogP contribution >= 0.6 is 0 Å². The summed E-state index contributed by atoms with van der Waals surface area (Å²) in [6.07, 6.45) is 1.09. The number of hydrogen-bond acceptors (Lipinski definition) is 5. The Hall–Kier alpha value is -2.74. The van der Waals surface area contributed by atoms with Gasteiger partial charge >= 0.3 is 0 Å². The van der Waals surface area contributed by atoms with Gasteiger partial charge in [-0.3, -0.25) is 9.10 Å². The van der Waals surface area contributed by atoms with Gasteiger partial charge in [-0.15, -0.1) is 0 Å². The summed E-state index contributed by atoms with van der Waals surface area (Å²) in [4.78, 5) is 14.7. The standard InChI is InChI=1S/C22H31N3O4S/c1-5-24(6-2)19-10-8-18(9-11-19)16-23-22(26)17-25(30(4,27)28)20-12-14-21(15-13-20)29-7-3/h8-15H,5-7,16-17H2,1-4H3,(H,23,26). The van der Waals surface area contributed by atoms with Crippen molar-refractivity contribution in [3.05, 3.63) is 54.1 Å². The molecule has 1 amide bonds. The highest BCUT2D eigenvalue weighted by atomic mass is 32.2. The number of benzene rings is 2. The minimum Gasteiger partial charge on any atom is -0.494 e. The van der Waals surface area contributed by atoms with Crippen LogP contribution in [0.3, 0.4) is 0 Å². The quantitative estimate of drug-likeness (QED) is 0.589. The Kier molecular flexibility index (Phi) is 8.53. The molecular formula is C22H31N3O4S. The summed E-state index contributed by atoms with van der Waals surface area (Å²) >= 11 is 0. The van der Waals surface area contributed by atoms with Gasteiger partial charge in [0, 0.05) is 25.3 Å². The van der Waals surface area contributed by atoms with Crippen molar-refractivity contribution in [3.63, 3.8) is 0 Å². The van der Waals surface area contributed by atoms with E-state index in [0.29, 0.717) is 24.6 Å². The van der Waals surface area contributed by atoms with Crippen LogP contribution < -0.4 is 19.3 Å². The molecule has 1 N–H and O–H groups in total. The summed E-state index contributed by atoms with van der Waals surface area (Å²) in [6.45, 7) is 8.51. The molecule has 0 saturated heterocycles. The number of nitrogens with one attached hydrogen (secondary N) is 1. The van der Waals surface area contributed by atoms with Crippen molar-refractivity contribution < 1.29 is 17.9 Å². The molecule has 164 valence electrons. The molecule has 0 spiro atoms. The number of sulfonamides is 1. The van der Waals surface area contributed by atoms with E-state index in [2.05, 4.69) is 24.1 Å². The summed E-state index contributed by atoms with van der Waals surface area (Å²) in [5.74, 6) is 0.273. The smallest absolute Gasteiger partial charge is 0.241 e. The zero-order chi connectivity index (χ0) is 22.1. The second-order valence-electron chi connectivity index (χ2n) is 6.81. The van der Waals surface area contributed by atoms with Gasteiger partial charge in [0.1, 0.15) is 12.3 Å². The predicted molar refractivity (Wildman–Crippen MR) is 122 cm³/mol. The Morgan fingerprint density at radius 1 is 0.933 bits per heavy atom. The molecule has 8 heteroatoms. The van der Waals surface area contributed by atoms with Crippen LogP contribution in [-0.2, 0) is 21.4 Å².